The highest BCUT2D eigenvalue weighted by Gasteiger charge is 2.06. The number of rotatable bonds is 4. The average Bonchev–Trinajstić information content (AvgIpc) is 2.72. The summed E-state index contributed by atoms with van der Waals surface area (Å²) in [5.74, 6) is 0.901. The van der Waals surface area contributed by atoms with Crippen molar-refractivity contribution in [3.63, 3.8) is 0 Å². The van der Waals surface area contributed by atoms with Gasteiger partial charge in [0.15, 0.2) is 0 Å². The first-order chi connectivity index (χ1) is 8.18. The number of para-hydroxylation sites is 2. The Labute approximate surface area is 110 Å². The molecule has 2 aromatic rings. The van der Waals surface area contributed by atoms with Crippen LogP contribution in [0, 0.1) is 0 Å². The van der Waals surface area contributed by atoms with Gasteiger partial charge in [-0.05, 0) is 34.1 Å². The van der Waals surface area contributed by atoms with Crippen molar-refractivity contribution in [2.75, 3.05) is 24.3 Å². The Kier molecular flexibility index (Phi) is 3.74. The van der Waals surface area contributed by atoms with Gasteiger partial charge in [0, 0.05) is 14.1 Å². The lowest BCUT2D eigenvalue weighted by Gasteiger charge is -2.17. The second-order valence-electron chi connectivity index (χ2n) is 3.96. The zero-order chi connectivity index (χ0) is 12.3. The maximum absolute atomic E-state index is 5.36. The van der Waals surface area contributed by atoms with Gasteiger partial charge in [-0.2, -0.15) is 0 Å². The molecular formula is C13H15BrN2O. The van der Waals surface area contributed by atoms with Crippen molar-refractivity contribution < 1.29 is 4.42 Å². The molecule has 1 N–H and O–H groups in total. The molecule has 4 heteroatoms. The fourth-order valence-electron chi connectivity index (χ4n) is 1.64. The number of nitrogens with one attached hydrogen (secondary N) is 1. The van der Waals surface area contributed by atoms with Gasteiger partial charge in [0.25, 0.3) is 0 Å². The van der Waals surface area contributed by atoms with Crippen molar-refractivity contribution in [3.05, 3.63) is 46.8 Å². The van der Waals surface area contributed by atoms with E-state index in [2.05, 4.69) is 38.3 Å². The molecule has 0 aliphatic heterocycles. The SMILES string of the molecule is CN(C)c1ccccc1NCc1occc1Br. The van der Waals surface area contributed by atoms with Gasteiger partial charge < -0.3 is 14.6 Å². The van der Waals surface area contributed by atoms with E-state index in [9.17, 15) is 0 Å². The Morgan fingerprint density at radius 1 is 1.24 bits per heavy atom. The lowest BCUT2D eigenvalue weighted by atomic mass is 10.2. The van der Waals surface area contributed by atoms with E-state index >= 15 is 0 Å². The summed E-state index contributed by atoms with van der Waals surface area (Å²) in [4.78, 5) is 2.08. The Bertz CT molecular complexity index is 494. The van der Waals surface area contributed by atoms with Gasteiger partial charge in [-0.3, -0.25) is 0 Å². The maximum Gasteiger partial charge on any atom is 0.136 e. The number of benzene rings is 1. The molecule has 0 spiro atoms. The topological polar surface area (TPSA) is 28.4 Å². The number of nitrogens with zero attached hydrogens (tertiary/aromatic N) is 1. The quantitative estimate of drug-likeness (QED) is 0.932. The summed E-state index contributed by atoms with van der Waals surface area (Å²) in [6, 6.07) is 10.1. The molecule has 0 saturated heterocycles. The van der Waals surface area contributed by atoms with E-state index in [0.717, 1.165) is 21.6 Å². The van der Waals surface area contributed by atoms with Crippen LogP contribution in [0.1, 0.15) is 5.76 Å². The van der Waals surface area contributed by atoms with E-state index < -0.39 is 0 Å². The van der Waals surface area contributed by atoms with Crippen LogP contribution in [-0.4, -0.2) is 14.1 Å². The molecule has 0 amide bonds. The van der Waals surface area contributed by atoms with Gasteiger partial charge in [0.1, 0.15) is 5.76 Å². The molecule has 17 heavy (non-hydrogen) atoms. The standard InChI is InChI=1S/C13H15BrN2O/c1-16(2)12-6-4-3-5-11(12)15-9-13-10(14)7-8-17-13/h3-8,15H,9H2,1-2H3. The second-order valence-corrected chi connectivity index (χ2v) is 4.81. The van der Waals surface area contributed by atoms with Crippen molar-refractivity contribution in [1.29, 1.82) is 0 Å². The van der Waals surface area contributed by atoms with Crippen LogP contribution < -0.4 is 10.2 Å². The van der Waals surface area contributed by atoms with Crippen LogP contribution >= 0.6 is 15.9 Å². The smallest absolute Gasteiger partial charge is 0.136 e. The van der Waals surface area contributed by atoms with Crippen molar-refractivity contribution in [2.45, 2.75) is 6.54 Å². The summed E-state index contributed by atoms with van der Waals surface area (Å²) >= 11 is 3.44. The van der Waals surface area contributed by atoms with Crippen LogP contribution in [0.25, 0.3) is 0 Å². The molecular weight excluding hydrogens is 280 g/mol. The van der Waals surface area contributed by atoms with Crippen LogP contribution in [0.5, 0.6) is 0 Å². The summed E-state index contributed by atoms with van der Waals surface area (Å²) in [6.45, 7) is 0.665. The Hall–Kier alpha value is -1.42. The largest absolute Gasteiger partial charge is 0.466 e. The zero-order valence-corrected chi connectivity index (χ0v) is 11.5. The molecule has 0 aliphatic carbocycles. The third-order valence-corrected chi connectivity index (χ3v) is 3.22. The number of halogens is 1. The second kappa shape index (κ2) is 5.27. The first-order valence-electron chi connectivity index (χ1n) is 5.40. The molecule has 0 fully saturated rings. The van der Waals surface area contributed by atoms with Gasteiger partial charge in [-0.1, -0.05) is 12.1 Å². The number of anilines is 2. The number of hydrogen-bond acceptors (Lipinski definition) is 3. The van der Waals surface area contributed by atoms with E-state index in [0.29, 0.717) is 6.54 Å². The van der Waals surface area contributed by atoms with Crippen molar-refractivity contribution >= 4 is 27.3 Å². The predicted molar refractivity (Wildman–Crippen MR) is 74.5 cm³/mol. The van der Waals surface area contributed by atoms with Crippen LogP contribution in [0.3, 0.4) is 0 Å². The molecule has 90 valence electrons. The molecule has 0 atom stereocenters. The summed E-state index contributed by atoms with van der Waals surface area (Å²) in [7, 11) is 4.06. The minimum absolute atomic E-state index is 0.665. The van der Waals surface area contributed by atoms with Gasteiger partial charge >= 0.3 is 0 Å². The minimum Gasteiger partial charge on any atom is -0.466 e. The van der Waals surface area contributed by atoms with E-state index in [1.165, 1.54) is 0 Å². The fraction of sp³-hybridized carbons (Fsp3) is 0.231. The third kappa shape index (κ3) is 2.82. The molecule has 0 saturated carbocycles. The average molecular weight is 295 g/mol. The van der Waals surface area contributed by atoms with Crippen LogP contribution in [-0.2, 0) is 6.54 Å². The normalized spacial score (nSPS) is 10.3. The molecule has 0 unspecified atom stereocenters. The summed E-state index contributed by atoms with van der Waals surface area (Å²) in [5.41, 5.74) is 2.26. The number of furan rings is 1. The van der Waals surface area contributed by atoms with Gasteiger partial charge in [-0.15, -0.1) is 0 Å². The molecule has 0 radical (unpaired) electrons. The summed E-state index contributed by atoms with van der Waals surface area (Å²) < 4.78 is 6.36. The number of hydrogen-bond donors (Lipinski definition) is 1. The van der Waals surface area contributed by atoms with Crippen molar-refractivity contribution in [2.24, 2.45) is 0 Å². The van der Waals surface area contributed by atoms with Crippen molar-refractivity contribution in [3.8, 4) is 0 Å². The third-order valence-electron chi connectivity index (χ3n) is 2.52. The maximum atomic E-state index is 5.36. The van der Waals surface area contributed by atoms with E-state index in [-0.39, 0.29) is 0 Å². The molecule has 1 aromatic heterocycles. The van der Waals surface area contributed by atoms with E-state index in [1.807, 2.05) is 32.3 Å². The zero-order valence-electron chi connectivity index (χ0n) is 9.90. The molecule has 2 rings (SSSR count). The highest BCUT2D eigenvalue weighted by Crippen LogP contribution is 2.25. The van der Waals surface area contributed by atoms with Crippen molar-refractivity contribution in [1.82, 2.24) is 0 Å². The lowest BCUT2D eigenvalue weighted by Crippen LogP contribution is -2.11. The van der Waals surface area contributed by atoms with Gasteiger partial charge in [0.2, 0.25) is 0 Å². The first kappa shape index (κ1) is 12.0. The Morgan fingerprint density at radius 3 is 2.65 bits per heavy atom. The lowest BCUT2D eigenvalue weighted by molar-refractivity contribution is 0.516. The van der Waals surface area contributed by atoms with Crippen LogP contribution in [0.15, 0.2) is 45.5 Å². The fourth-order valence-corrected chi connectivity index (χ4v) is 1.98. The molecule has 0 bridgehead atoms. The van der Waals surface area contributed by atoms with Crippen LogP contribution in [0.4, 0.5) is 11.4 Å². The van der Waals surface area contributed by atoms with E-state index in [1.54, 1.807) is 6.26 Å². The highest BCUT2D eigenvalue weighted by molar-refractivity contribution is 9.10. The molecule has 3 nitrogen and oxygen atoms in total. The molecule has 1 heterocycles. The summed E-state index contributed by atoms with van der Waals surface area (Å²) in [6.07, 6.45) is 1.68. The Balaban J connectivity index is 2.11. The molecule has 1 aromatic carbocycles. The van der Waals surface area contributed by atoms with E-state index in [4.69, 9.17) is 4.42 Å². The highest BCUT2D eigenvalue weighted by atomic mass is 79.9. The Morgan fingerprint density at radius 2 is 2.00 bits per heavy atom. The first-order valence-corrected chi connectivity index (χ1v) is 6.20. The van der Waals surface area contributed by atoms with Gasteiger partial charge in [0.05, 0.1) is 28.7 Å². The summed E-state index contributed by atoms with van der Waals surface area (Å²) in [5, 5.41) is 3.37. The predicted octanol–water partition coefficient (Wildman–Crippen LogP) is 3.72. The van der Waals surface area contributed by atoms with Gasteiger partial charge in [-0.25, -0.2) is 0 Å². The molecule has 0 aliphatic rings. The minimum atomic E-state index is 0.665. The monoisotopic (exact) mass is 294 g/mol. The van der Waals surface area contributed by atoms with Crippen LogP contribution in [0.2, 0.25) is 0 Å².